The summed E-state index contributed by atoms with van der Waals surface area (Å²) >= 11 is 1.37. The molecule has 0 saturated carbocycles. The minimum absolute atomic E-state index is 0.280. The zero-order valence-electron chi connectivity index (χ0n) is 20.4. The van der Waals surface area contributed by atoms with Crippen LogP contribution in [0.25, 0.3) is 0 Å². The van der Waals surface area contributed by atoms with E-state index in [0.717, 1.165) is 4.90 Å². The van der Waals surface area contributed by atoms with Crippen molar-refractivity contribution in [2.45, 2.75) is 72.8 Å². The average molecular weight is 525 g/mol. The van der Waals surface area contributed by atoms with Crippen molar-refractivity contribution in [3.63, 3.8) is 0 Å². The van der Waals surface area contributed by atoms with Crippen molar-refractivity contribution in [3.8, 4) is 0 Å². The lowest BCUT2D eigenvalue weighted by molar-refractivity contribution is -0.467. The van der Waals surface area contributed by atoms with Gasteiger partial charge in [-0.1, -0.05) is 60.3 Å². The molecule has 2 aromatic carbocycles. The molecule has 2 fully saturated rings. The van der Waals surface area contributed by atoms with E-state index in [9.17, 15) is 8.42 Å². The fraction of sp³-hybridized carbons (Fsp3) is 0.520. The van der Waals surface area contributed by atoms with Gasteiger partial charge in [0.15, 0.2) is 0 Å². The highest BCUT2D eigenvalue weighted by Crippen LogP contribution is 2.46. The van der Waals surface area contributed by atoms with Crippen molar-refractivity contribution >= 4 is 21.9 Å². The third-order valence-electron chi connectivity index (χ3n) is 6.49. The molecule has 0 N–H and O–H groups in total. The molecule has 192 valence electrons. The lowest BCUT2D eigenvalue weighted by Crippen LogP contribution is -2.72. The fourth-order valence-corrected chi connectivity index (χ4v) is 6.73. The molecule has 2 heterocycles. The molecule has 2 saturated heterocycles. The lowest BCUT2D eigenvalue weighted by atomic mass is 9.95. The van der Waals surface area contributed by atoms with Gasteiger partial charge in [0.2, 0.25) is 11.6 Å². The second-order valence-corrected chi connectivity index (χ2v) is 11.6. The minimum atomic E-state index is -4.01. The van der Waals surface area contributed by atoms with Crippen molar-refractivity contribution in [1.82, 2.24) is 0 Å². The maximum absolute atomic E-state index is 13.2. The Morgan fingerprint density at radius 2 is 1.43 bits per heavy atom. The van der Waals surface area contributed by atoms with E-state index in [4.69, 9.17) is 27.9 Å². The summed E-state index contributed by atoms with van der Waals surface area (Å²) in [4.78, 5) is 0.908. The van der Waals surface area contributed by atoms with Gasteiger partial charge in [0.05, 0.1) is 6.10 Å². The molecule has 2 unspecified atom stereocenters. The molecule has 35 heavy (non-hydrogen) atoms. The summed E-state index contributed by atoms with van der Waals surface area (Å²) < 4.78 is 62.6. The van der Waals surface area contributed by atoms with E-state index in [1.807, 2.05) is 43.3 Å². The normalized spacial score (nSPS) is 35.4. The van der Waals surface area contributed by atoms with Crippen LogP contribution >= 0.6 is 11.8 Å². The van der Waals surface area contributed by atoms with Crippen molar-refractivity contribution in [1.29, 1.82) is 0 Å². The van der Waals surface area contributed by atoms with E-state index in [1.165, 1.54) is 26.0 Å². The summed E-state index contributed by atoms with van der Waals surface area (Å²) in [5, 5.41) is 0. The van der Waals surface area contributed by atoms with Gasteiger partial charge in [-0.25, -0.2) is 0 Å². The maximum Gasteiger partial charge on any atom is 0.272 e. The molecule has 10 heteroatoms. The molecule has 8 nitrogen and oxygen atoms in total. The van der Waals surface area contributed by atoms with Crippen LogP contribution < -0.4 is 0 Å². The smallest absolute Gasteiger partial charge is 0.272 e. The standard InChI is InChI=1S/C25H32O8S2/c1-17-20-21(32-25(3,29-5)24(2,28-4)31-20)22(23(30-17)34-19-14-10-7-11-15-19)33-35(26,27)16-18-12-8-6-9-13-18/h6-15,17,20-23H,16H2,1-5H3/t17-,20-,21+,22+,23+,24?,25?/m0/s1. The molecule has 2 aliphatic rings. The predicted octanol–water partition coefficient (Wildman–Crippen LogP) is 3.95. The summed E-state index contributed by atoms with van der Waals surface area (Å²) in [6.45, 7) is 5.27. The van der Waals surface area contributed by atoms with E-state index in [2.05, 4.69) is 0 Å². The van der Waals surface area contributed by atoms with Gasteiger partial charge < -0.3 is 23.7 Å². The van der Waals surface area contributed by atoms with Gasteiger partial charge in [-0.15, -0.1) is 0 Å². The van der Waals surface area contributed by atoms with Gasteiger partial charge in [0.1, 0.15) is 29.5 Å². The second kappa shape index (κ2) is 10.5. The van der Waals surface area contributed by atoms with Gasteiger partial charge in [-0.2, -0.15) is 8.42 Å². The number of hydrogen-bond donors (Lipinski definition) is 0. The van der Waals surface area contributed by atoms with Gasteiger partial charge in [-0.3, -0.25) is 4.18 Å². The number of methoxy groups -OCH3 is 2. The zero-order chi connectivity index (χ0) is 25.3. The van der Waals surface area contributed by atoms with E-state index in [1.54, 1.807) is 38.1 Å². The molecule has 0 aliphatic carbocycles. The Hall–Kier alpha value is -1.50. The predicted molar refractivity (Wildman–Crippen MR) is 131 cm³/mol. The van der Waals surface area contributed by atoms with Crippen molar-refractivity contribution in [2.75, 3.05) is 14.2 Å². The SMILES string of the molecule is COC1(C)O[C@@H]2[C@@H](OC1(C)OC)[C@H](C)O[C@H](Sc1ccccc1)[C@@H]2OS(=O)(=O)Cc1ccccc1. The largest absolute Gasteiger partial charge is 0.359 e. The molecule has 0 aromatic heterocycles. The highest BCUT2D eigenvalue weighted by atomic mass is 32.2. The Labute approximate surface area is 211 Å². The number of hydrogen-bond acceptors (Lipinski definition) is 9. The molecular weight excluding hydrogens is 492 g/mol. The number of benzene rings is 2. The average Bonchev–Trinajstić information content (AvgIpc) is 2.84. The second-order valence-electron chi connectivity index (χ2n) is 8.85. The van der Waals surface area contributed by atoms with Gasteiger partial charge in [0.25, 0.3) is 10.1 Å². The summed E-state index contributed by atoms with van der Waals surface area (Å²) in [7, 11) is -1.02. The summed E-state index contributed by atoms with van der Waals surface area (Å²) in [5.74, 6) is -2.86. The van der Waals surface area contributed by atoms with Crippen LogP contribution in [0.15, 0.2) is 65.6 Å². The number of fused-ring (bicyclic) bond motifs is 1. The van der Waals surface area contributed by atoms with Crippen molar-refractivity contribution in [2.24, 2.45) is 0 Å². The van der Waals surface area contributed by atoms with E-state index < -0.39 is 51.5 Å². The van der Waals surface area contributed by atoms with E-state index in [-0.39, 0.29) is 5.75 Å². The van der Waals surface area contributed by atoms with E-state index >= 15 is 0 Å². The maximum atomic E-state index is 13.2. The van der Waals surface area contributed by atoms with Crippen LogP contribution in [0, 0.1) is 0 Å². The van der Waals surface area contributed by atoms with Gasteiger partial charge in [0, 0.05) is 19.1 Å². The van der Waals surface area contributed by atoms with Crippen LogP contribution in [0.4, 0.5) is 0 Å². The highest BCUT2D eigenvalue weighted by molar-refractivity contribution is 7.99. The first kappa shape index (κ1) is 26.6. The van der Waals surface area contributed by atoms with Crippen molar-refractivity contribution in [3.05, 3.63) is 66.2 Å². The molecular formula is C25H32O8S2. The molecule has 4 rings (SSSR count). The number of ether oxygens (including phenoxy) is 5. The van der Waals surface area contributed by atoms with Crippen LogP contribution in [0.3, 0.4) is 0 Å². The monoisotopic (exact) mass is 524 g/mol. The number of rotatable bonds is 8. The zero-order valence-corrected chi connectivity index (χ0v) is 22.1. The molecule has 7 atom stereocenters. The topological polar surface area (TPSA) is 89.5 Å². The van der Waals surface area contributed by atoms with Gasteiger partial charge in [-0.05, 0) is 38.5 Å². The summed E-state index contributed by atoms with van der Waals surface area (Å²) in [6.07, 6.45) is -2.91. The highest BCUT2D eigenvalue weighted by Gasteiger charge is 2.62. The molecule has 2 aromatic rings. The van der Waals surface area contributed by atoms with Crippen LogP contribution in [0.5, 0.6) is 0 Å². The third kappa shape index (κ3) is 5.60. The Morgan fingerprint density at radius 3 is 2.00 bits per heavy atom. The van der Waals surface area contributed by atoms with E-state index in [0.29, 0.717) is 5.56 Å². The van der Waals surface area contributed by atoms with Crippen LogP contribution in [-0.2, 0) is 43.7 Å². The molecule has 0 bridgehead atoms. The Bertz CT molecular complexity index is 1080. The minimum Gasteiger partial charge on any atom is -0.359 e. The molecule has 2 aliphatic heterocycles. The fourth-order valence-electron chi connectivity index (χ4n) is 4.28. The summed E-state index contributed by atoms with van der Waals surface area (Å²) in [6, 6.07) is 18.5. The van der Waals surface area contributed by atoms with Crippen LogP contribution in [-0.4, -0.2) is 64.1 Å². The summed E-state index contributed by atoms with van der Waals surface area (Å²) in [5.41, 5.74) is -0.0632. The van der Waals surface area contributed by atoms with Crippen LogP contribution in [0.1, 0.15) is 26.3 Å². The first-order valence-corrected chi connectivity index (χ1v) is 13.8. The van der Waals surface area contributed by atoms with Crippen molar-refractivity contribution < 1.29 is 36.3 Å². The molecule has 0 radical (unpaired) electrons. The van der Waals surface area contributed by atoms with Crippen LogP contribution in [0.2, 0.25) is 0 Å². The quantitative estimate of drug-likeness (QED) is 0.476. The molecule has 0 spiro atoms. The van der Waals surface area contributed by atoms with Gasteiger partial charge >= 0.3 is 0 Å². The Kier molecular flexibility index (Phi) is 7.94. The Morgan fingerprint density at radius 1 is 0.886 bits per heavy atom. The lowest BCUT2D eigenvalue weighted by Gasteiger charge is -2.56. The first-order chi connectivity index (χ1) is 16.6. The first-order valence-electron chi connectivity index (χ1n) is 11.4. The third-order valence-corrected chi connectivity index (χ3v) is 8.85. The Balaban J connectivity index is 1.68. The number of thioether (sulfide) groups is 1. The molecule has 0 amide bonds.